The molecule has 1 aliphatic heterocycles. The number of nitro benzene ring substituents is 1. The molecule has 0 aromatic heterocycles. The van der Waals surface area contributed by atoms with E-state index in [1.807, 2.05) is 0 Å². The SMILES string of the molecule is O=C(c1ccc([N+](=O)[O-])cc1)N(Cc1ccc(Cl)cc1Cl)N1C(=O)[C@@H]2[C@H]3C[C@@H]([C@@H](Br)[C@H]3Br)[C@H]2C1=O. The van der Waals surface area contributed by atoms with Gasteiger partial charge in [0.25, 0.3) is 23.4 Å². The normalized spacial score (nSPS) is 29.0. The lowest BCUT2D eigenvalue weighted by molar-refractivity contribution is -0.384. The van der Waals surface area contributed by atoms with Crippen molar-refractivity contribution < 1.29 is 19.3 Å². The summed E-state index contributed by atoms with van der Waals surface area (Å²) < 4.78 is 0. The van der Waals surface area contributed by atoms with E-state index < -0.39 is 34.5 Å². The summed E-state index contributed by atoms with van der Waals surface area (Å²) in [5, 5.41) is 13.7. The van der Waals surface area contributed by atoms with Crippen molar-refractivity contribution >= 4 is 78.5 Å². The molecule has 3 fully saturated rings. The van der Waals surface area contributed by atoms with Gasteiger partial charge < -0.3 is 0 Å². The van der Waals surface area contributed by atoms with Crippen LogP contribution in [0.1, 0.15) is 22.3 Å². The number of halogens is 4. The first kappa shape index (κ1) is 24.7. The van der Waals surface area contributed by atoms with E-state index in [1.54, 1.807) is 12.1 Å². The third kappa shape index (κ3) is 3.98. The molecular weight excluding hydrogens is 629 g/mol. The van der Waals surface area contributed by atoms with Crippen LogP contribution in [0.2, 0.25) is 10.0 Å². The predicted octanol–water partition coefficient (Wildman–Crippen LogP) is 5.24. The lowest BCUT2D eigenvalue weighted by atomic mass is 9.81. The number of amides is 3. The third-order valence-electron chi connectivity index (χ3n) is 7.10. The number of hydrazine groups is 1. The van der Waals surface area contributed by atoms with Crippen molar-refractivity contribution in [3.63, 3.8) is 0 Å². The van der Waals surface area contributed by atoms with Crippen molar-refractivity contribution in [2.24, 2.45) is 23.7 Å². The zero-order chi connectivity index (χ0) is 25.2. The molecule has 1 heterocycles. The molecule has 2 bridgehead atoms. The van der Waals surface area contributed by atoms with Crippen LogP contribution in [0.15, 0.2) is 42.5 Å². The predicted molar refractivity (Wildman–Crippen MR) is 135 cm³/mol. The highest BCUT2D eigenvalue weighted by Gasteiger charge is 2.67. The Morgan fingerprint density at radius 3 is 2.11 bits per heavy atom. The number of carbonyl (C=O) groups excluding carboxylic acids is 3. The molecule has 182 valence electrons. The Morgan fingerprint density at radius 2 is 1.60 bits per heavy atom. The monoisotopic (exact) mass is 643 g/mol. The van der Waals surface area contributed by atoms with Crippen molar-refractivity contribution in [3.8, 4) is 0 Å². The molecule has 1 saturated heterocycles. The van der Waals surface area contributed by atoms with Crippen molar-refractivity contribution in [3.05, 3.63) is 73.8 Å². The standard InChI is InChI=1S/C23H17Br2Cl2N3O5/c24-19-14-8-15(20(19)25)18-17(14)22(32)29(23(18)33)28(9-11-1-4-12(26)7-16(11)27)21(31)10-2-5-13(6-3-10)30(34)35/h1-7,14-15,17-20H,8-9H2/t14-,15-,17-,18-,19-,20+/m1/s1. The van der Waals surface area contributed by atoms with Crippen LogP contribution in [-0.4, -0.2) is 42.3 Å². The third-order valence-corrected chi connectivity index (χ3v) is 10.9. The number of fused-ring (bicyclic) bond motifs is 5. The Hall–Kier alpha value is -2.01. The molecule has 35 heavy (non-hydrogen) atoms. The highest BCUT2D eigenvalue weighted by Crippen LogP contribution is 2.60. The number of carbonyl (C=O) groups is 3. The molecule has 2 aromatic rings. The fraction of sp³-hybridized carbons (Fsp3) is 0.348. The van der Waals surface area contributed by atoms with Gasteiger partial charge in [-0.25, -0.2) is 5.01 Å². The number of hydrogen-bond donors (Lipinski definition) is 0. The van der Waals surface area contributed by atoms with Crippen LogP contribution in [0.4, 0.5) is 5.69 Å². The van der Waals surface area contributed by atoms with Crippen LogP contribution >= 0.6 is 55.1 Å². The lowest BCUT2D eigenvalue weighted by Gasteiger charge is -2.31. The van der Waals surface area contributed by atoms with Crippen molar-refractivity contribution in [1.82, 2.24) is 10.0 Å². The van der Waals surface area contributed by atoms with E-state index in [9.17, 15) is 24.5 Å². The highest BCUT2D eigenvalue weighted by atomic mass is 79.9. The van der Waals surface area contributed by atoms with Crippen LogP contribution in [0.3, 0.4) is 0 Å². The molecule has 0 unspecified atom stereocenters. The van der Waals surface area contributed by atoms with E-state index in [1.165, 1.54) is 30.3 Å². The molecule has 0 radical (unpaired) electrons. The van der Waals surface area contributed by atoms with Gasteiger partial charge in [-0.05, 0) is 48.1 Å². The van der Waals surface area contributed by atoms with Crippen LogP contribution in [0.25, 0.3) is 0 Å². The Morgan fingerprint density at radius 1 is 1.03 bits per heavy atom. The molecular formula is C23H17Br2Cl2N3O5. The smallest absolute Gasteiger partial charge is 0.272 e. The van der Waals surface area contributed by atoms with E-state index >= 15 is 0 Å². The molecule has 0 N–H and O–H groups in total. The van der Waals surface area contributed by atoms with E-state index in [2.05, 4.69) is 31.9 Å². The van der Waals surface area contributed by atoms with Gasteiger partial charge in [0.15, 0.2) is 0 Å². The molecule has 3 aliphatic rings. The number of alkyl halides is 2. The molecule has 3 amide bonds. The van der Waals surface area contributed by atoms with Crippen molar-refractivity contribution in [2.45, 2.75) is 22.6 Å². The quantitative estimate of drug-likeness (QED) is 0.192. The summed E-state index contributed by atoms with van der Waals surface area (Å²) in [6, 6.07) is 9.75. The zero-order valence-corrected chi connectivity index (χ0v) is 22.5. The summed E-state index contributed by atoms with van der Waals surface area (Å²) in [6.45, 7) is -0.159. The molecule has 6 atom stereocenters. The molecule has 12 heteroatoms. The van der Waals surface area contributed by atoms with Gasteiger partial charge >= 0.3 is 0 Å². The second-order valence-corrected chi connectivity index (χ2v) is 11.9. The minimum atomic E-state index is -0.647. The first-order chi connectivity index (χ1) is 16.6. The molecule has 2 saturated carbocycles. The summed E-state index contributed by atoms with van der Waals surface area (Å²) in [4.78, 5) is 51.4. The Bertz CT molecular complexity index is 1230. The zero-order valence-electron chi connectivity index (χ0n) is 17.8. The van der Waals surface area contributed by atoms with Gasteiger partial charge in [0, 0.05) is 37.4 Å². The summed E-state index contributed by atoms with van der Waals surface area (Å²) in [6.07, 6.45) is 0.756. The Kier molecular flexibility index (Phi) is 6.44. The first-order valence-corrected chi connectivity index (χ1v) is 13.3. The van der Waals surface area contributed by atoms with Gasteiger partial charge in [0.05, 0.1) is 23.3 Å². The van der Waals surface area contributed by atoms with Crippen molar-refractivity contribution in [2.75, 3.05) is 0 Å². The van der Waals surface area contributed by atoms with Gasteiger partial charge in [-0.3, -0.25) is 24.5 Å². The van der Waals surface area contributed by atoms with Crippen LogP contribution in [0.5, 0.6) is 0 Å². The van der Waals surface area contributed by atoms with Gasteiger partial charge in [-0.15, -0.1) is 0 Å². The average Bonchev–Trinajstić information content (AvgIpc) is 3.43. The van der Waals surface area contributed by atoms with E-state index in [-0.39, 0.29) is 44.3 Å². The number of non-ortho nitro benzene ring substituents is 1. The molecule has 5 rings (SSSR count). The van der Waals surface area contributed by atoms with Crippen LogP contribution < -0.4 is 0 Å². The number of imide groups is 1. The maximum atomic E-state index is 13.6. The molecule has 2 aromatic carbocycles. The molecule has 0 spiro atoms. The lowest BCUT2D eigenvalue weighted by Crippen LogP contribution is -2.50. The van der Waals surface area contributed by atoms with Gasteiger partial charge in [0.1, 0.15) is 0 Å². The summed E-state index contributed by atoms with van der Waals surface area (Å²) in [7, 11) is 0. The van der Waals surface area contributed by atoms with Gasteiger partial charge in [-0.1, -0.05) is 61.1 Å². The number of hydrogen-bond acceptors (Lipinski definition) is 5. The van der Waals surface area contributed by atoms with E-state index in [4.69, 9.17) is 23.2 Å². The van der Waals surface area contributed by atoms with Crippen LogP contribution in [-0.2, 0) is 16.1 Å². The number of benzene rings is 2. The molecule has 2 aliphatic carbocycles. The summed E-state index contributed by atoms with van der Waals surface area (Å²) in [5.74, 6) is -2.56. The fourth-order valence-corrected chi connectivity index (χ4v) is 7.83. The second-order valence-electron chi connectivity index (χ2n) is 8.89. The van der Waals surface area contributed by atoms with E-state index in [0.29, 0.717) is 10.6 Å². The fourth-order valence-electron chi connectivity index (χ4n) is 5.49. The van der Waals surface area contributed by atoms with Crippen molar-refractivity contribution in [1.29, 1.82) is 0 Å². The number of nitrogens with zero attached hydrogens (tertiary/aromatic N) is 3. The first-order valence-electron chi connectivity index (χ1n) is 10.8. The van der Waals surface area contributed by atoms with Gasteiger partial charge in [-0.2, -0.15) is 5.01 Å². The number of nitro groups is 1. The minimum absolute atomic E-state index is 0.0220. The van der Waals surface area contributed by atoms with Gasteiger partial charge in [0.2, 0.25) is 0 Å². The Balaban J connectivity index is 1.53. The summed E-state index contributed by atoms with van der Waals surface area (Å²) >= 11 is 19.7. The largest absolute Gasteiger partial charge is 0.273 e. The maximum Gasteiger partial charge on any atom is 0.273 e. The Labute approximate surface area is 226 Å². The maximum absolute atomic E-state index is 13.6. The van der Waals surface area contributed by atoms with Crippen LogP contribution in [0, 0.1) is 33.8 Å². The topological polar surface area (TPSA) is 101 Å². The minimum Gasteiger partial charge on any atom is -0.272 e. The number of rotatable bonds is 5. The van der Waals surface area contributed by atoms with E-state index in [0.717, 1.165) is 16.4 Å². The molecule has 8 nitrogen and oxygen atoms in total. The summed E-state index contributed by atoms with van der Waals surface area (Å²) in [5.41, 5.74) is 0.404. The highest BCUT2D eigenvalue weighted by molar-refractivity contribution is 9.12. The second kappa shape index (κ2) is 9.14. The average molecular weight is 646 g/mol.